The van der Waals surface area contributed by atoms with Crippen molar-refractivity contribution in [2.24, 2.45) is 5.92 Å². The van der Waals surface area contributed by atoms with Crippen molar-refractivity contribution in [3.8, 4) is 0 Å². The van der Waals surface area contributed by atoms with Crippen molar-refractivity contribution in [2.45, 2.75) is 38.3 Å². The van der Waals surface area contributed by atoms with Gasteiger partial charge in [0.25, 0.3) is 0 Å². The second-order valence-corrected chi connectivity index (χ2v) is 4.84. The van der Waals surface area contributed by atoms with Gasteiger partial charge < -0.3 is 18.9 Å². The normalized spacial score (nSPS) is 20.0. The third-order valence-corrected chi connectivity index (χ3v) is 3.07. The van der Waals surface area contributed by atoms with E-state index in [0.717, 1.165) is 0 Å². The summed E-state index contributed by atoms with van der Waals surface area (Å²) in [6.45, 7) is 29.5. The van der Waals surface area contributed by atoms with Gasteiger partial charge in [0.05, 0.1) is 12.7 Å². The summed E-state index contributed by atoms with van der Waals surface area (Å²) in [5.41, 5.74) is 0. The van der Waals surface area contributed by atoms with Gasteiger partial charge in [-0.1, -0.05) is 0 Å². The minimum atomic E-state index is -0.595. The molecule has 2 rings (SSSR count). The molecule has 29 heavy (non-hydrogen) atoms. The Labute approximate surface area is 184 Å². The number of ether oxygens (including phenoxy) is 4. The molecule has 2 aliphatic heterocycles. The van der Waals surface area contributed by atoms with E-state index in [1.54, 1.807) is 13.2 Å². The summed E-state index contributed by atoms with van der Waals surface area (Å²) >= 11 is 0. The molecule has 0 amide bonds. The molecule has 1 saturated heterocycles. The number of rotatable bonds is 5. The standard InChI is InChI=1S/C13H18O5.5CO.W/c1-13(2)16-8-11(18-13)9(6-7-15-3)10-4-5-12(14)17-10;5*1-2;/h4-5,9-11H,6,8H2,1-3H3;;;;;;/t9-,10+,11+;;;;;;/m0....../s1. The zero-order valence-electron chi connectivity index (χ0n) is 15.8. The summed E-state index contributed by atoms with van der Waals surface area (Å²) < 4.78 is 58.9. The van der Waals surface area contributed by atoms with Crippen LogP contribution in [0.25, 0.3) is 0 Å². The summed E-state index contributed by atoms with van der Waals surface area (Å²) in [6.07, 6.45) is 3.26. The Kier molecular flexibility index (Phi) is 34.8. The van der Waals surface area contributed by atoms with Gasteiger partial charge in [-0.3, -0.25) is 0 Å². The van der Waals surface area contributed by atoms with Crippen LogP contribution in [0.1, 0.15) is 20.3 Å². The van der Waals surface area contributed by atoms with Crippen molar-refractivity contribution in [3.63, 3.8) is 0 Å². The van der Waals surface area contributed by atoms with E-state index < -0.39 is 5.79 Å². The predicted octanol–water partition coefficient (Wildman–Crippen LogP) is 1.12. The van der Waals surface area contributed by atoms with Crippen molar-refractivity contribution < 1.29 is 68.1 Å². The summed E-state index contributed by atoms with van der Waals surface area (Å²) in [7, 11) is 1.55. The van der Waals surface area contributed by atoms with E-state index in [4.69, 9.17) is 42.2 Å². The van der Waals surface area contributed by atoms with Crippen LogP contribution in [0.15, 0.2) is 12.2 Å². The number of esters is 1. The van der Waals surface area contributed by atoms with E-state index in [1.807, 2.05) is 13.8 Å². The van der Waals surface area contributed by atoms with Crippen LogP contribution >= 0.6 is 0 Å². The zero-order valence-corrected chi connectivity index (χ0v) is 18.7. The van der Waals surface area contributed by atoms with Gasteiger partial charge in [0.1, 0.15) is 12.7 Å². The molecule has 3 atom stereocenters. The second kappa shape index (κ2) is 26.5. The number of carbonyl (C=O) groups excluding carboxylic acids is 1. The first kappa shape index (κ1) is 38.1. The fourth-order valence-corrected chi connectivity index (χ4v) is 2.18. The Hall–Kier alpha value is -1.52. The van der Waals surface area contributed by atoms with E-state index in [0.29, 0.717) is 13.0 Å². The van der Waals surface area contributed by atoms with Crippen LogP contribution in [0.4, 0.5) is 0 Å². The first-order valence-electron chi connectivity index (χ1n) is 7.00. The van der Waals surface area contributed by atoms with Crippen LogP contribution in [0.3, 0.4) is 0 Å². The Morgan fingerprint density at radius 3 is 1.93 bits per heavy atom. The number of carbonyl (C=O) groups is 1. The fraction of sp³-hybridized carbons (Fsp3) is 0.500. The molecule has 0 saturated carbocycles. The number of methoxy groups -OCH3 is 1. The van der Waals surface area contributed by atoms with Gasteiger partial charge in [0, 0.05) is 40.2 Å². The zero-order chi connectivity index (χ0) is 23.2. The number of hydrogen-bond acceptors (Lipinski definition) is 5. The minimum Gasteiger partial charge on any atom is 0 e. The molecular formula is C18H18O10W. The van der Waals surface area contributed by atoms with Crippen molar-refractivity contribution >= 4 is 5.97 Å². The van der Waals surface area contributed by atoms with Crippen molar-refractivity contribution in [3.05, 3.63) is 52.0 Å². The Bertz CT molecular complexity index is 498. The molecule has 2 heterocycles. The molecule has 0 spiro atoms. The number of hydrogen-bond donors (Lipinski definition) is 0. The van der Waals surface area contributed by atoms with Crippen molar-refractivity contribution in [1.82, 2.24) is 0 Å². The molecule has 2 aliphatic rings. The third-order valence-electron chi connectivity index (χ3n) is 3.07. The molecule has 0 N–H and O–H groups in total. The van der Waals surface area contributed by atoms with Crippen LogP contribution in [-0.2, 0) is 68.1 Å². The molecule has 11 heteroatoms. The average Bonchev–Trinajstić information content (AvgIpc) is 3.35. The Morgan fingerprint density at radius 1 is 1.14 bits per heavy atom. The average molecular weight is 578 g/mol. The molecule has 10 nitrogen and oxygen atoms in total. The van der Waals surface area contributed by atoms with E-state index in [-0.39, 0.29) is 45.2 Å². The maximum atomic E-state index is 11.1. The van der Waals surface area contributed by atoms with Gasteiger partial charge in [-0.15, -0.1) is 0 Å². The summed E-state index contributed by atoms with van der Waals surface area (Å²) in [5, 5.41) is 0. The topological polar surface area (TPSA) is 153 Å². The Morgan fingerprint density at radius 2 is 1.62 bits per heavy atom. The van der Waals surface area contributed by atoms with Crippen molar-refractivity contribution in [2.75, 3.05) is 13.7 Å². The van der Waals surface area contributed by atoms with Gasteiger partial charge in [0.2, 0.25) is 0 Å². The summed E-state index contributed by atoms with van der Waals surface area (Å²) in [6, 6.07) is 0. The molecular weight excluding hydrogens is 560 g/mol. The minimum absolute atomic E-state index is 0. The van der Waals surface area contributed by atoms with E-state index in [2.05, 4.69) is 39.9 Å². The van der Waals surface area contributed by atoms with E-state index in [9.17, 15) is 4.79 Å². The van der Waals surface area contributed by atoms with E-state index >= 15 is 0 Å². The summed E-state index contributed by atoms with van der Waals surface area (Å²) in [5.74, 6) is -0.961. The largest absolute Gasteiger partial charge is 0 e. The number of cyclic esters (lactones) is 1. The van der Waals surface area contributed by atoms with Crippen LogP contribution in [0, 0.1) is 45.8 Å². The molecule has 2 radical (unpaired) electrons. The Balaban J connectivity index is -0.000000153. The predicted molar refractivity (Wildman–Crippen MR) is 81.9 cm³/mol. The van der Waals surface area contributed by atoms with Gasteiger partial charge in [-0.25, -0.2) is 4.79 Å². The molecule has 0 unspecified atom stereocenters. The van der Waals surface area contributed by atoms with Crippen molar-refractivity contribution in [1.29, 1.82) is 0 Å². The molecule has 0 aliphatic carbocycles. The van der Waals surface area contributed by atoms with Crippen LogP contribution in [0.2, 0.25) is 0 Å². The first-order chi connectivity index (χ1) is 13.5. The van der Waals surface area contributed by atoms with Crippen LogP contribution in [0.5, 0.6) is 0 Å². The van der Waals surface area contributed by atoms with E-state index in [1.165, 1.54) is 6.08 Å². The van der Waals surface area contributed by atoms with Gasteiger partial charge in [-0.05, 0) is 26.3 Å². The smallest absolute Gasteiger partial charge is 0 e. The molecule has 0 bridgehead atoms. The molecule has 156 valence electrons. The molecule has 0 aromatic rings. The maximum Gasteiger partial charge on any atom is 0 e. The summed E-state index contributed by atoms with van der Waals surface area (Å²) in [4.78, 5) is 11.1. The van der Waals surface area contributed by atoms with Crippen LogP contribution < -0.4 is 0 Å². The quantitative estimate of drug-likeness (QED) is 0.272. The maximum absolute atomic E-state index is 11.1. The fourth-order valence-electron chi connectivity index (χ4n) is 2.18. The van der Waals surface area contributed by atoms with Gasteiger partial charge in [-0.2, -0.15) is 0 Å². The SMILES string of the molecule is CO[C]C[C@@H]([C@H]1C=CC(=O)O1)[C@H]1COC(C)(C)O1.[C-]#[O+].[C-]#[O+].[C-]#[O+].[C-]#[O+].[C-]#[O+].[W]. The second-order valence-electron chi connectivity index (χ2n) is 4.84. The molecule has 1 fully saturated rings. The third kappa shape index (κ3) is 17.1. The first-order valence-corrected chi connectivity index (χ1v) is 7.00. The van der Waals surface area contributed by atoms with Gasteiger partial charge in [0.15, 0.2) is 5.79 Å². The van der Waals surface area contributed by atoms with Gasteiger partial charge >= 0.3 is 62.5 Å². The van der Waals surface area contributed by atoms with Crippen LogP contribution in [-0.4, -0.2) is 37.7 Å². The molecule has 0 aromatic heterocycles. The molecule has 0 aromatic carbocycles. The monoisotopic (exact) mass is 578 g/mol.